The highest BCUT2D eigenvalue weighted by molar-refractivity contribution is 6.35. The van der Waals surface area contributed by atoms with Gasteiger partial charge in [-0.1, -0.05) is 17.7 Å². The van der Waals surface area contributed by atoms with E-state index >= 15 is 0 Å². The van der Waals surface area contributed by atoms with Crippen LogP contribution in [0.3, 0.4) is 0 Å². The second-order valence-corrected chi connectivity index (χ2v) is 4.19. The molecule has 0 radical (unpaired) electrons. The van der Waals surface area contributed by atoms with Crippen LogP contribution in [0.1, 0.15) is 18.9 Å². The lowest BCUT2D eigenvalue weighted by Gasteiger charge is -2.02. The number of aryl methyl sites for hydroxylation is 1. The summed E-state index contributed by atoms with van der Waals surface area (Å²) in [5.41, 5.74) is 2.05. The fourth-order valence-electron chi connectivity index (χ4n) is 1.87. The molecule has 1 N–H and O–H groups in total. The number of ether oxygens (including phenoxy) is 1. The molecular weight excluding hydrogens is 238 g/mol. The van der Waals surface area contributed by atoms with Crippen molar-refractivity contribution < 1.29 is 9.53 Å². The predicted octanol–water partition coefficient (Wildman–Crippen LogP) is 3.32. The van der Waals surface area contributed by atoms with E-state index in [-0.39, 0.29) is 5.97 Å². The zero-order chi connectivity index (χ0) is 12.3. The van der Waals surface area contributed by atoms with Crippen LogP contribution in [0.15, 0.2) is 24.4 Å². The highest BCUT2D eigenvalue weighted by Crippen LogP contribution is 2.27. The molecule has 0 atom stereocenters. The first-order valence-corrected chi connectivity index (χ1v) is 6.00. The van der Waals surface area contributed by atoms with Gasteiger partial charge in [0, 0.05) is 23.5 Å². The molecule has 17 heavy (non-hydrogen) atoms. The number of esters is 1. The highest BCUT2D eigenvalue weighted by atomic mass is 35.5. The molecule has 2 aromatic rings. The number of halogens is 1. The van der Waals surface area contributed by atoms with Crippen molar-refractivity contribution in [2.45, 2.75) is 19.8 Å². The zero-order valence-corrected chi connectivity index (χ0v) is 10.4. The number of benzene rings is 1. The van der Waals surface area contributed by atoms with E-state index in [1.165, 1.54) is 0 Å². The first-order chi connectivity index (χ1) is 8.22. The van der Waals surface area contributed by atoms with E-state index in [9.17, 15) is 4.79 Å². The Morgan fingerprint density at radius 3 is 3.06 bits per heavy atom. The number of rotatable bonds is 4. The van der Waals surface area contributed by atoms with Gasteiger partial charge in [0.1, 0.15) is 0 Å². The molecule has 3 nitrogen and oxygen atoms in total. The topological polar surface area (TPSA) is 42.1 Å². The average Bonchev–Trinajstić information content (AvgIpc) is 2.71. The lowest BCUT2D eigenvalue weighted by Crippen LogP contribution is -2.04. The number of carbonyl (C=O) groups is 1. The predicted molar refractivity (Wildman–Crippen MR) is 68.3 cm³/mol. The minimum absolute atomic E-state index is 0.172. The summed E-state index contributed by atoms with van der Waals surface area (Å²) < 4.78 is 4.90. The molecule has 1 heterocycles. The Kier molecular flexibility index (Phi) is 3.69. The van der Waals surface area contributed by atoms with Crippen LogP contribution in [0, 0.1) is 0 Å². The molecule has 0 aliphatic heterocycles. The largest absolute Gasteiger partial charge is 0.466 e. The summed E-state index contributed by atoms with van der Waals surface area (Å²) in [5.74, 6) is -0.172. The molecule has 0 amide bonds. The summed E-state index contributed by atoms with van der Waals surface area (Å²) in [7, 11) is 0. The van der Waals surface area contributed by atoms with Crippen LogP contribution in [-0.2, 0) is 16.0 Å². The third-order valence-corrected chi connectivity index (χ3v) is 2.96. The number of nitrogens with one attached hydrogen (secondary N) is 1. The van der Waals surface area contributed by atoms with Crippen molar-refractivity contribution >= 4 is 28.5 Å². The Morgan fingerprint density at radius 1 is 1.47 bits per heavy atom. The van der Waals surface area contributed by atoms with Crippen molar-refractivity contribution in [2.24, 2.45) is 0 Å². The normalized spacial score (nSPS) is 10.7. The molecule has 0 bridgehead atoms. The lowest BCUT2D eigenvalue weighted by atomic mass is 10.1. The maximum absolute atomic E-state index is 11.3. The number of hydrogen-bond donors (Lipinski definition) is 1. The molecule has 0 unspecified atom stereocenters. The minimum Gasteiger partial charge on any atom is -0.466 e. The Labute approximate surface area is 105 Å². The molecule has 1 aromatic carbocycles. The van der Waals surface area contributed by atoms with Crippen molar-refractivity contribution in [2.75, 3.05) is 6.61 Å². The molecule has 0 fully saturated rings. The van der Waals surface area contributed by atoms with Gasteiger partial charge in [-0.2, -0.15) is 0 Å². The summed E-state index contributed by atoms with van der Waals surface area (Å²) in [4.78, 5) is 14.4. The second kappa shape index (κ2) is 5.23. The molecule has 0 aliphatic rings. The second-order valence-electron chi connectivity index (χ2n) is 3.78. The van der Waals surface area contributed by atoms with Crippen molar-refractivity contribution in [1.82, 2.24) is 4.98 Å². The smallest absolute Gasteiger partial charge is 0.306 e. The molecule has 0 spiro atoms. The van der Waals surface area contributed by atoms with Gasteiger partial charge in [-0.05, 0) is 31.0 Å². The van der Waals surface area contributed by atoms with E-state index in [1.54, 1.807) is 6.92 Å². The van der Waals surface area contributed by atoms with E-state index in [2.05, 4.69) is 4.98 Å². The number of H-pyrrole nitrogens is 1. The van der Waals surface area contributed by atoms with E-state index in [4.69, 9.17) is 16.3 Å². The third kappa shape index (κ3) is 2.61. The Balaban J connectivity index is 2.16. The number of aromatic nitrogens is 1. The van der Waals surface area contributed by atoms with E-state index in [0.717, 1.165) is 16.5 Å². The monoisotopic (exact) mass is 251 g/mol. The quantitative estimate of drug-likeness (QED) is 0.847. The fraction of sp³-hybridized carbons (Fsp3) is 0.308. The Morgan fingerprint density at radius 2 is 2.29 bits per heavy atom. The van der Waals surface area contributed by atoms with Crippen molar-refractivity contribution in [3.8, 4) is 0 Å². The molecule has 4 heteroatoms. The van der Waals surface area contributed by atoms with Gasteiger partial charge in [-0.25, -0.2) is 0 Å². The maximum Gasteiger partial charge on any atom is 0.306 e. The van der Waals surface area contributed by atoms with Crippen molar-refractivity contribution in [1.29, 1.82) is 0 Å². The van der Waals surface area contributed by atoms with Crippen LogP contribution in [0.25, 0.3) is 10.9 Å². The molecule has 0 saturated carbocycles. The number of carbonyl (C=O) groups excluding carboxylic acids is 1. The molecule has 1 aromatic heterocycles. The molecule has 2 rings (SSSR count). The average molecular weight is 252 g/mol. The van der Waals surface area contributed by atoms with Gasteiger partial charge in [0.05, 0.1) is 11.6 Å². The summed E-state index contributed by atoms with van der Waals surface area (Å²) in [6.45, 7) is 2.23. The number of aromatic amines is 1. The van der Waals surface area contributed by atoms with Crippen LogP contribution >= 0.6 is 11.6 Å². The SMILES string of the molecule is CCOC(=O)CCc1c[nH]c2cccc(Cl)c12. The van der Waals surface area contributed by atoms with Gasteiger partial charge in [-0.15, -0.1) is 0 Å². The minimum atomic E-state index is -0.172. The van der Waals surface area contributed by atoms with Gasteiger partial charge >= 0.3 is 5.97 Å². The zero-order valence-electron chi connectivity index (χ0n) is 9.63. The standard InChI is InChI=1S/C13H14ClNO2/c1-2-17-12(16)7-6-9-8-15-11-5-3-4-10(14)13(9)11/h3-5,8,15H,2,6-7H2,1H3. The van der Waals surface area contributed by atoms with E-state index < -0.39 is 0 Å². The Bertz CT molecular complexity index is 533. The summed E-state index contributed by atoms with van der Waals surface area (Å²) in [5, 5.41) is 1.71. The first kappa shape index (κ1) is 12.0. The van der Waals surface area contributed by atoms with Crippen LogP contribution in [0.5, 0.6) is 0 Å². The van der Waals surface area contributed by atoms with Crippen molar-refractivity contribution in [3.63, 3.8) is 0 Å². The van der Waals surface area contributed by atoms with Gasteiger partial charge < -0.3 is 9.72 Å². The molecular formula is C13H14ClNO2. The summed E-state index contributed by atoms with van der Waals surface area (Å²) >= 11 is 6.14. The maximum atomic E-state index is 11.3. The van der Waals surface area contributed by atoms with Crippen LogP contribution < -0.4 is 0 Å². The molecule has 90 valence electrons. The lowest BCUT2D eigenvalue weighted by molar-refractivity contribution is -0.143. The van der Waals surface area contributed by atoms with E-state index in [1.807, 2.05) is 24.4 Å². The summed E-state index contributed by atoms with van der Waals surface area (Å²) in [6, 6.07) is 5.72. The van der Waals surface area contributed by atoms with Crippen LogP contribution in [-0.4, -0.2) is 17.6 Å². The van der Waals surface area contributed by atoms with Gasteiger partial charge in [0.2, 0.25) is 0 Å². The van der Waals surface area contributed by atoms with Gasteiger partial charge in [0.25, 0.3) is 0 Å². The van der Waals surface area contributed by atoms with E-state index in [0.29, 0.717) is 24.5 Å². The molecule has 0 aliphatic carbocycles. The third-order valence-electron chi connectivity index (χ3n) is 2.64. The van der Waals surface area contributed by atoms with Gasteiger partial charge in [-0.3, -0.25) is 4.79 Å². The Hall–Kier alpha value is -1.48. The summed E-state index contributed by atoms with van der Waals surface area (Å²) in [6.07, 6.45) is 2.92. The van der Waals surface area contributed by atoms with Gasteiger partial charge in [0.15, 0.2) is 0 Å². The van der Waals surface area contributed by atoms with Crippen LogP contribution in [0.4, 0.5) is 0 Å². The molecule has 0 saturated heterocycles. The number of hydrogen-bond acceptors (Lipinski definition) is 2. The first-order valence-electron chi connectivity index (χ1n) is 5.62. The highest BCUT2D eigenvalue weighted by Gasteiger charge is 2.09. The van der Waals surface area contributed by atoms with Crippen molar-refractivity contribution in [3.05, 3.63) is 35.0 Å². The fourth-order valence-corrected chi connectivity index (χ4v) is 2.17. The van der Waals surface area contributed by atoms with Crippen LogP contribution in [0.2, 0.25) is 5.02 Å². The number of fused-ring (bicyclic) bond motifs is 1.